The van der Waals surface area contributed by atoms with Gasteiger partial charge in [-0.1, -0.05) is 67.6 Å². The van der Waals surface area contributed by atoms with E-state index in [1.807, 2.05) is 48.5 Å². The van der Waals surface area contributed by atoms with E-state index in [9.17, 15) is 14.7 Å². The third-order valence-electron chi connectivity index (χ3n) is 5.08. The van der Waals surface area contributed by atoms with Crippen molar-refractivity contribution in [1.29, 1.82) is 0 Å². The van der Waals surface area contributed by atoms with Gasteiger partial charge in [0.15, 0.2) is 0 Å². The second-order valence-corrected chi connectivity index (χ2v) is 6.86. The topological polar surface area (TPSA) is 66.8 Å². The maximum Gasteiger partial charge on any atom is 0.416 e. The SMILES string of the molecule is C[C@@H](C(=O)N1C(=O)OC[C@@H]1Cc1ccccc1)[C@](C)(O)c1ccccc1. The van der Waals surface area contributed by atoms with Gasteiger partial charge in [-0.3, -0.25) is 4.79 Å². The largest absolute Gasteiger partial charge is 0.447 e. The molecule has 26 heavy (non-hydrogen) atoms. The molecule has 1 saturated heterocycles. The van der Waals surface area contributed by atoms with Crippen LogP contribution in [-0.4, -0.2) is 34.7 Å². The van der Waals surface area contributed by atoms with Gasteiger partial charge in [0.1, 0.15) is 6.61 Å². The van der Waals surface area contributed by atoms with E-state index in [4.69, 9.17) is 4.74 Å². The van der Waals surface area contributed by atoms with Crippen LogP contribution in [0.15, 0.2) is 60.7 Å². The predicted molar refractivity (Wildman–Crippen MR) is 97.3 cm³/mol. The van der Waals surface area contributed by atoms with Crippen LogP contribution in [0, 0.1) is 5.92 Å². The number of rotatable bonds is 5. The molecule has 2 amide bonds. The summed E-state index contributed by atoms with van der Waals surface area (Å²) in [6, 6.07) is 18.3. The molecule has 3 atom stereocenters. The summed E-state index contributed by atoms with van der Waals surface area (Å²) in [6.45, 7) is 3.40. The van der Waals surface area contributed by atoms with Crippen LogP contribution in [0.5, 0.6) is 0 Å². The molecule has 1 aliphatic heterocycles. The number of benzene rings is 2. The van der Waals surface area contributed by atoms with Crippen LogP contribution >= 0.6 is 0 Å². The number of ether oxygens (including phenoxy) is 1. The number of hydrogen-bond acceptors (Lipinski definition) is 4. The molecule has 5 heteroatoms. The van der Waals surface area contributed by atoms with Crippen LogP contribution in [0.25, 0.3) is 0 Å². The lowest BCUT2D eigenvalue weighted by atomic mass is 9.83. The zero-order chi connectivity index (χ0) is 18.7. The minimum absolute atomic E-state index is 0.166. The van der Waals surface area contributed by atoms with E-state index in [0.29, 0.717) is 12.0 Å². The van der Waals surface area contributed by atoms with Gasteiger partial charge < -0.3 is 9.84 Å². The van der Waals surface area contributed by atoms with Crippen LogP contribution in [0.3, 0.4) is 0 Å². The molecule has 0 bridgehead atoms. The second-order valence-electron chi connectivity index (χ2n) is 6.86. The maximum absolute atomic E-state index is 13.0. The monoisotopic (exact) mass is 353 g/mol. The summed E-state index contributed by atoms with van der Waals surface area (Å²) in [5.74, 6) is -1.23. The molecule has 1 fully saturated rings. The third kappa shape index (κ3) is 3.48. The molecule has 0 unspecified atom stereocenters. The van der Waals surface area contributed by atoms with Crippen molar-refractivity contribution < 1.29 is 19.4 Å². The summed E-state index contributed by atoms with van der Waals surface area (Å²) < 4.78 is 5.12. The molecule has 0 spiro atoms. The molecule has 2 aromatic rings. The molecule has 0 radical (unpaired) electrons. The number of hydrogen-bond donors (Lipinski definition) is 1. The fourth-order valence-corrected chi connectivity index (χ4v) is 3.24. The molecule has 5 nitrogen and oxygen atoms in total. The Morgan fingerprint density at radius 1 is 1.19 bits per heavy atom. The standard InChI is InChI=1S/C21H23NO4/c1-15(21(2,25)17-11-7-4-8-12-17)19(23)22-18(14-26-20(22)24)13-16-9-5-3-6-10-16/h3-12,15,18,25H,13-14H2,1-2H3/t15-,18-,21-/m0/s1. The number of imide groups is 1. The van der Waals surface area contributed by atoms with Crippen molar-refractivity contribution in [2.45, 2.75) is 31.9 Å². The summed E-state index contributed by atoms with van der Waals surface area (Å²) in [6.07, 6.45) is -0.120. The third-order valence-corrected chi connectivity index (χ3v) is 5.08. The maximum atomic E-state index is 13.0. The lowest BCUT2D eigenvalue weighted by Gasteiger charge is -2.33. The van der Waals surface area contributed by atoms with Crippen molar-refractivity contribution >= 4 is 12.0 Å². The normalized spacial score (nSPS) is 20.3. The highest BCUT2D eigenvalue weighted by Crippen LogP contribution is 2.32. The molecular weight excluding hydrogens is 330 g/mol. The number of nitrogens with zero attached hydrogens (tertiary/aromatic N) is 1. The fourth-order valence-electron chi connectivity index (χ4n) is 3.24. The van der Waals surface area contributed by atoms with Gasteiger partial charge in [-0.2, -0.15) is 0 Å². The lowest BCUT2D eigenvalue weighted by Crippen LogP contribution is -2.48. The van der Waals surface area contributed by atoms with Crippen molar-refractivity contribution in [3.05, 3.63) is 71.8 Å². The van der Waals surface area contributed by atoms with E-state index in [1.54, 1.807) is 26.0 Å². The predicted octanol–water partition coefficient (Wildman–Crippen LogP) is 3.12. The van der Waals surface area contributed by atoms with E-state index in [-0.39, 0.29) is 12.6 Å². The zero-order valence-electron chi connectivity index (χ0n) is 15.0. The van der Waals surface area contributed by atoms with Gasteiger partial charge in [-0.15, -0.1) is 0 Å². The van der Waals surface area contributed by atoms with Gasteiger partial charge >= 0.3 is 6.09 Å². The zero-order valence-corrected chi connectivity index (χ0v) is 15.0. The molecule has 2 aromatic carbocycles. The molecule has 1 heterocycles. The number of aliphatic hydroxyl groups is 1. The number of carbonyl (C=O) groups is 2. The first-order valence-electron chi connectivity index (χ1n) is 8.73. The molecule has 0 saturated carbocycles. The minimum atomic E-state index is -1.39. The van der Waals surface area contributed by atoms with Gasteiger partial charge in [0, 0.05) is 0 Å². The Kier molecular flexibility index (Phi) is 5.09. The molecule has 0 aromatic heterocycles. The first-order chi connectivity index (χ1) is 12.4. The van der Waals surface area contributed by atoms with Gasteiger partial charge in [-0.25, -0.2) is 9.69 Å². The molecule has 1 aliphatic rings. The summed E-state index contributed by atoms with van der Waals surface area (Å²) in [4.78, 5) is 26.4. The number of amides is 2. The molecule has 0 aliphatic carbocycles. The highest BCUT2D eigenvalue weighted by molar-refractivity contribution is 5.95. The Morgan fingerprint density at radius 2 is 1.77 bits per heavy atom. The Balaban J connectivity index is 1.81. The van der Waals surface area contributed by atoms with Crippen molar-refractivity contribution in [3.8, 4) is 0 Å². The molecule has 136 valence electrons. The van der Waals surface area contributed by atoms with Gasteiger partial charge in [0.2, 0.25) is 5.91 Å². The second kappa shape index (κ2) is 7.30. The van der Waals surface area contributed by atoms with Gasteiger partial charge in [0.05, 0.1) is 17.6 Å². The van der Waals surface area contributed by atoms with Crippen LogP contribution in [0.2, 0.25) is 0 Å². The first-order valence-corrected chi connectivity index (χ1v) is 8.73. The van der Waals surface area contributed by atoms with E-state index < -0.39 is 23.5 Å². The molecule has 3 rings (SSSR count). The van der Waals surface area contributed by atoms with Crippen LogP contribution in [0.4, 0.5) is 4.79 Å². The minimum Gasteiger partial charge on any atom is -0.447 e. The van der Waals surface area contributed by atoms with Crippen LogP contribution in [0.1, 0.15) is 25.0 Å². The highest BCUT2D eigenvalue weighted by atomic mass is 16.6. The van der Waals surface area contributed by atoms with E-state index in [2.05, 4.69) is 0 Å². The van der Waals surface area contributed by atoms with E-state index >= 15 is 0 Å². The Hall–Kier alpha value is -2.66. The summed E-state index contributed by atoms with van der Waals surface area (Å²) in [7, 11) is 0. The number of cyclic esters (lactones) is 1. The Bertz CT molecular complexity index is 773. The van der Waals surface area contributed by atoms with E-state index in [0.717, 1.165) is 10.5 Å². The van der Waals surface area contributed by atoms with Gasteiger partial charge in [-0.05, 0) is 24.5 Å². The summed E-state index contributed by atoms with van der Waals surface area (Å²) in [5, 5.41) is 10.9. The highest BCUT2D eigenvalue weighted by Gasteiger charge is 2.45. The Labute approximate surface area is 153 Å². The average molecular weight is 353 g/mol. The van der Waals surface area contributed by atoms with E-state index in [1.165, 1.54) is 0 Å². The van der Waals surface area contributed by atoms with Crippen LogP contribution in [-0.2, 0) is 21.6 Å². The van der Waals surface area contributed by atoms with Crippen molar-refractivity contribution in [3.63, 3.8) is 0 Å². The quantitative estimate of drug-likeness (QED) is 0.897. The molecular formula is C21H23NO4. The summed E-state index contributed by atoms with van der Waals surface area (Å²) in [5.41, 5.74) is 0.266. The van der Waals surface area contributed by atoms with Crippen molar-refractivity contribution in [1.82, 2.24) is 4.90 Å². The lowest BCUT2D eigenvalue weighted by molar-refractivity contribution is -0.141. The van der Waals surface area contributed by atoms with Crippen molar-refractivity contribution in [2.24, 2.45) is 5.92 Å². The van der Waals surface area contributed by atoms with Gasteiger partial charge in [0.25, 0.3) is 0 Å². The smallest absolute Gasteiger partial charge is 0.416 e. The summed E-state index contributed by atoms with van der Waals surface area (Å²) >= 11 is 0. The Morgan fingerprint density at radius 3 is 2.38 bits per heavy atom. The fraction of sp³-hybridized carbons (Fsp3) is 0.333. The van der Waals surface area contributed by atoms with Crippen molar-refractivity contribution in [2.75, 3.05) is 6.61 Å². The molecule has 1 N–H and O–H groups in total. The first kappa shape index (κ1) is 18.1. The van der Waals surface area contributed by atoms with Crippen LogP contribution < -0.4 is 0 Å². The average Bonchev–Trinajstić information content (AvgIpc) is 3.02. The number of carbonyl (C=O) groups excluding carboxylic acids is 2.